The molecule has 0 radical (unpaired) electrons. The third kappa shape index (κ3) is 6.33. The Bertz CT molecular complexity index is 4260. The summed E-state index contributed by atoms with van der Waals surface area (Å²) in [4.78, 5) is 4.74. The lowest BCUT2D eigenvalue weighted by molar-refractivity contribution is -0.574. The highest BCUT2D eigenvalue weighted by Crippen LogP contribution is 2.55. The van der Waals surface area contributed by atoms with Crippen molar-refractivity contribution in [2.75, 3.05) is 0 Å². The first kappa shape index (κ1) is 18.0. The van der Waals surface area contributed by atoms with E-state index in [0.717, 1.165) is 32.5 Å². The average Bonchev–Trinajstić information content (AvgIpc) is 0.626. The molecule has 3 heterocycles. The monoisotopic (exact) mass is 836 g/mol. The molecule has 10 rings (SSSR count). The highest BCUT2D eigenvalue weighted by atomic mass is 16.5. The Morgan fingerprint density at radius 1 is 0.689 bits per heavy atom. The van der Waals surface area contributed by atoms with Gasteiger partial charge in [-0.1, -0.05) is 130 Å². The fraction of sp³-hybridized carbons (Fsp3) is 0.357. The van der Waals surface area contributed by atoms with Gasteiger partial charge in [0.05, 0.1) is 34.8 Å². The van der Waals surface area contributed by atoms with E-state index in [-0.39, 0.29) is 28.1 Å². The fourth-order valence-electron chi connectivity index (χ4n) is 8.31. The highest BCUT2D eigenvalue weighted by molar-refractivity contribution is 6.09. The summed E-state index contributed by atoms with van der Waals surface area (Å²) in [5.41, 5.74) is -27.7. The summed E-state index contributed by atoms with van der Waals surface area (Å²) in [6.45, 7) is -28.7. The van der Waals surface area contributed by atoms with Crippen LogP contribution in [0.25, 0.3) is 50.0 Å². The molecule has 61 heavy (non-hydrogen) atoms. The molecule has 0 amide bonds. The van der Waals surface area contributed by atoms with Crippen molar-refractivity contribution in [1.29, 1.82) is 0 Å². The van der Waals surface area contributed by atoms with Gasteiger partial charge in [0.25, 0.3) is 6.33 Å². The molecule has 1 unspecified atom stereocenters. The summed E-state index contributed by atoms with van der Waals surface area (Å²) in [5, 5.41) is 1.69. The van der Waals surface area contributed by atoms with Gasteiger partial charge in [0, 0.05) is 64.2 Å². The minimum Gasteiger partial charge on any atom is -0.458 e. The number of pyridine rings is 1. The van der Waals surface area contributed by atoms with Gasteiger partial charge in [0.15, 0.2) is 0 Å². The molecule has 2 aliphatic carbocycles. The molecular weight excluding hydrogens is 745 g/mol. The second-order valence-corrected chi connectivity index (χ2v) is 16.7. The number of fused-ring (bicyclic) bond motifs is 6. The van der Waals surface area contributed by atoms with Crippen molar-refractivity contribution in [3.05, 3.63) is 150 Å². The van der Waals surface area contributed by atoms with E-state index in [1.54, 1.807) is 18.3 Å². The molecule has 0 saturated heterocycles. The van der Waals surface area contributed by atoms with Crippen molar-refractivity contribution in [2.45, 2.75) is 128 Å². The normalized spacial score (nSPS) is 31.5. The quantitative estimate of drug-likeness (QED) is 0.128. The van der Waals surface area contributed by atoms with Crippen LogP contribution in [0.3, 0.4) is 0 Å². The molecule has 0 N–H and O–H groups in total. The van der Waals surface area contributed by atoms with E-state index in [0.29, 0.717) is 15.9 Å². The van der Waals surface area contributed by atoms with Crippen LogP contribution in [0.1, 0.15) is 171 Å². The van der Waals surface area contributed by atoms with Gasteiger partial charge in [-0.15, -0.1) is 0 Å². The first-order valence-electron chi connectivity index (χ1n) is 35.1. The minimum absolute atomic E-state index is 0.0416. The van der Waals surface area contributed by atoms with E-state index in [2.05, 4.69) is 27.1 Å². The number of hydrogen-bond acceptors (Lipinski definition) is 2. The Kier molecular flexibility index (Phi) is 3.95. The molecule has 3 aromatic heterocycles. The maximum atomic E-state index is 10.3. The van der Waals surface area contributed by atoms with Crippen LogP contribution in [0.2, 0.25) is 0 Å². The lowest BCUT2D eigenvalue weighted by atomic mass is 9.56. The largest absolute Gasteiger partial charge is 0.458 e. The van der Waals surface area contributed by atoms with Crippen molar-refractivity contribution in [3.63, 3.8) is 0 Å². The van der Waals surface area contributed by atoms with E-state index in [9.17, 15) is 28.8 Å². The Morgan fingerprint density at radius 3 is 2.08 bits per heavy atom. The molecule has 0 spiro atoms. The Balaban J connectivity index is 1.43. The predicted octanol–water partition coefficient (Wildman–Crippen LogP) is 14.0. The lowest BCUT2D eigenvalue weighted by Gasteiger charge is -2.49. The highest BCUT2D eigenvalue weighted by Gasteiger charge is 2.46. The van der Waals surface area contributed by atoms with Gasteiger partial charge in [-0.3, -0.25) is 13.7 Å². The molecule has 0 saturated carbocycles. The summed E-state index contributed by atoms with van der Waals surface area (Å²) in [6, 6.07) is 25.2. The first-order valence-corrected chi connectivity index (χ1v) is 19.4. The van der Waals surface area contributed by atoms with E-state index in [1.807, 2.05) is 47.0 Å². The topological polar surface area (TPSA) is 35.9 Å². The number of hydrogen-bond donors (Lipinski definition) is 0. The third-order valence-electron chi connectivity index (χ3n) is 11.3. The van der Waals surface area contributed by atoms with Crippen LogP contribution in [0, 0.1) is 6.33 Å². The average molecular weight is 836 g/mol. The smallest absolute Gasteiger partial charge is 0.269 e. The van der Waals surface area contributed by atoms with Crippen molar-refractivity contribution >= 4 is 32.8 Å². The Morgan fingerprint density at radius 2 is 1.34 bits per heavy atom. The molecule has 0 fully saturated rings. The van der Waals surface area contributed by atoms with E-state index >= 15 is 0 Å². The maximum absolute atomic E-state index is 10.3. The molecule has 1 atom stereocenters. The minimum atomic E-state index is -5.03. The van der Waals surface area contributed by atoms with Crippen molar-refractivity contribution in [3.8, 4) is 28.7 Å². The van der Waals surface area contributed by atoms with Crippen LogP contribution in [-0.2, 0) is 27.1 Å². The molecule has 5 aromatic carbocycles. The van der Waals surface area contributed by atoms with Crippen molar-refractivity contribution in [2.24, 2.45) is 0 Å². The van der Waals surface area contributed by atoms with Gasteiger partial charge >= 0.3 is 0 Å². The zero-order valence-electron chi connectivity index (χ0n) is 64.3. The SMILES string of the molecule is [2H]CC1(C([2H])([2H])[2H])c2c([2H])c3c(c(-[n+]4[c-]n(-c5cccc(Oc6ccc7c8ccccc8n(-c8cc(C(C)(C)C)ccn8)c7c6)c5)c5ccccc54)c2C(C([2H])([2H])[2H])(C([2H])([2H])[2H])C([2H])([2H])C1([2H])[2H])C(C([2H])([2H])[2H])(C([2H])([2H])[2H])C([2H])([2H])C([2H])([2H])C3(C([2H])([2H])[2H])C([2H])([2H])[2H]. The zero-order valence-corrected chi connectivity index (χ0v) is 33.3. The van der Waals surface area contributed by atoms with Crippen molar-refractivity contribution < 1.29 is 51.8 Å². The number of benzene rings is 5. The Labute approximate surface area is 405 Å². The predicted molar refractivity (Wildman–Crippen MR) is 252 cm³/mol. The van der Waals surface area contributed by atoms with Crippen LogP contribution < -0.4 is 9.30 Å². The van der Waals surface area contributed by atoms with E-state index in [4.69, 9.17) is 23.4 Å². The van der Waals surface area contributed by atoms with Gasteiger partial charge in [0.1, 0.15) is 17.3 Å². The number of ether oxygens (including phenoxy) is 1. The number of aromatic nitrogens is 4. The molecule has 5 heteroatoms. The molecule has 8 aromatic rings. The number of imidazole rings is 1. The van der Waals surface area contributed by atoms with Crippen LogP contribution in [0.15, 0.2) is 115 Å². The molecule has 2 aliphatic rings. The van der Waals surface area contributed by atoms with Gasteiger partial charge in [0.2, 0.25) is 0 Å². The standard InChI is InChI=1S/C56H60N4O/c1-52(2,3)36-25-30-57-48(31-36)60-44-20-13-12-19-40(44)41-24-23-39(33-47(41)60)61-38-18-16-17-37(32-38)58-35-59(46-22-15-14-21-45(46)58)51-49-42(53(4,5)26-28-55(49,8)9)34-43-50(51)56(10,11)29-27-54(43,6)7/h12-25,30-34H,26-29H2,1-11H3/i4D,5D3,6D3,7D3,8D3,9D3,10D3,11D3,26D2,27D2,28D2,29D2,34D. The summed E-state index contributed by atoms with van der Waals surface area (Å²) in [6.07, 6.45) is -15.1. The number of nitrogens with zero attached hydrogens (tertiary/aromatic N) is 4. The zero-order chi connectivity index (χ0) is 69.1. The second kappa shape index (κ2) is 13.4. The lowest BCUT2D eigenvalue weighted by Crippen LogP contribution is -2.46. The summed E-state index contributed by atoms with van der Waals surface area (Å²) < 4.78 is 301. The maximum Gasteiger partial charge on any atom is 0.269 e. The van der Waals surface area contributed by atoms with Gasteiger partial charge in [-0.2, -0.15) is 0 Å². The molecule has 5 nitrogen and oxygen atoms in total. The van der Waals surface area contributed by atoms with Crippen LogP contribution in [-0.4, -0.2) is 14.1 Å². The van der Waals surface area contributed by atoms with E-state index in [1.165, 1.54) is 42.5 Å². The molecule has 0 bridgehead atoms. The van der Waals surface area contributed by atoms with Gasteiger partial charge in [-0.05, 0) is 129 Å². The third-order valence-corrected chi connectivity index (χ3v) is 11.3. The fourth-order valence-corrected chi connectivity index (χ4v) is 8.31. The van der Waals surface area contributed by atoms with Gasteiger partial charge < -0.3 is 4.74 Å². The first-order chi connectivity index (χ1) is 41.7. The number of rotatable bonds is 5. The summed E-state index contributed by atoms with van der Waals surface area (Å²) in [5.74, 6) is 0.876. The second-order valence-electron chi connectivity index (χ2n) is 16.7. The van der Waals surface area contributed by atoms with Crippen LogP contribution in [0.5, 0.6) is 11.5 Å². The van der Waals surface area contributed by atoms with Crippen LogP contribution in [0.4, 0.5) is 0 Å². The Hall–Kier alpha value is -5.68. The summed E-state index contributed by atoms with van der Waals surface area (Å²) >= 11 is 0. The molecule has 0 aliphatic heterocycles. The number of para-hydroxylation sites is 3. The van der Waals surface area contributed by atoms with Crippen molar-refractivity contribution in [1.82, 2.24) is 14.1 Å². The van der Waals surface area contributed by atoms with Gasteiger partial charge in [-0.25, -0.2) is 4.98 Å². The van der Waals surface area contributed by atoms with Crippen LogP contribution >= 0.6 is 0 Å². The summed E-state index contributed by atoms with van der Waals surface area (Å²) in [7, 11) is 0. The van der Waals surface area contributed by atoms with E-state index < -0.39 is 142 Å². The molecule has 310 valence electrons. The molecular formula is C56H60N4O.